The molecule has 34 heavy (non-hydrogen) atoms. The number of imide groups is 1. The van der Waals surface area contributed by atoms with Crippen LogP contribution in [0.2, 0.25) is 5.02 Å². The Bertz CT molecular complexity index is 1080. The number of nitrogens with zero attached hydrogens (tertiary/aromatic N) is 3. The Hall–Kier alpha value is -3.13. The third kappa shape index (κ3) is 4.87. The summed E-state index contributed by atoms with van der Waals surface area (Å²) in [7, 11) is 0. The lowest BCUT2D eigenvalue weighted by Crippen LogP contribution is -2.45. The molecule has 0 bridgehead atoms. The predicted octanol–water partition coefficient (Wildman–Crippen LogP) is 4.89. The molecular formula is C25H29ClN4O4. The van der Waals surface area contributed by atoms with Crippen LogP contribution in [0.4, 0.5) is 4.79 Å². The maximum absolute atomic E-state index is 13.3. The summed E-state index contributed by atoms with van der Waals surface area (Å²) in [6, 6.07) is 9.74. The summed E-state index contributed by atoms with van der Waals surface area (Å²) in [6.45, 7) is 3.46. The minimum absolute atomic E-state index is 0.377. The molecule has 3 heterocycles. The number of amides is 4. The highest BCUT2D eigenvalue weighted by atomic mass is 35.5. The van der Waals surface area contributed by atoms with Crippen molar-refractivity contribution in [1.29, 1.82) is 0 Å². The van der Waals surface area contributed by atoms with Gasteiger partial charge in [-0.1, -0.05) is 56.3 Å². The van der Waals surface area contributed by atoms with E-state index in [1.807, 2.05) is 12.1 Å². The molecule has 1 N–H and O–H groups in total. The molecule has 2 atom stereocenters. The van der Waals surface area contributed by atoms with Gasteiger partial charge in [0, 0.05) is 11.4 Å². The van der Waals surface area contributed by atoms with Crippen molar-refractivity contribution in [2.45, 2.75) is 64.0 Å². The molecule has 0 saturated carbocycles. The van der Waals surface area contributed by atoms with Crippen molar-refractivity contribution in [2.75, 3.05) is 6.54 Å². The first-order valence-corrected chi connectivity index (χ1v) is 12.0. The summed E-state index contributed by atoms with van der Waals surface area (Å²) in [5.41, 5.74) is 0.545. The van der Waals surface area contributed by atoms with Gasteiger partial charge in [0.15, 0.2) is 0 Å². The van der Waals surface area contributed by atoms with Crippen molar-refractivity contribution in [2.24, 2.45) is 5.10 Å². The fourth-order valence-electron chi connectivity index (χ4n) is 4.43. The molecule has 2 unspecified atom stereocenters. The summed E-state index contributed by atoms with van der Waals surface area (Å²) >= 11 is 6.01. The maximum atomic E-state index is 13.3. The van der Waals surface area contributed by atoms with E-state index in [2.05, 4.69) is 17.3 Å². The second-order valence-corrected chi connectivity index (χ2v) is 9.43. The normalized spacial score (nSPS) is 22.3. The minimum atomic E-state index is -0.992. The lowest BCUT2D eigenvalue weighted by atomic mass is 9.94. The highest BCUT2D eigenvalue weighted by Crippen LogP contribution is 2.34. The average Bonchev–Trinajstić information content (AvgIpc) is 3.54. The number of hydrogen-bond acceptors (Lipinski definition) is 5. The monoisotopic (exact) mass is 484 g/mol. The van der Waals surface area contributed by atoms with E-state index < -0.39 is 23.5 Å². The molecule has 9 heteroatoms. The number of hydrogen-bond donors (Lipinski definition) is 1. The first-order valence-electron chi connectivity index (χ1n) is 11.7. The summed E-state index contributed by atoms with van der Waals surface area (Å²) in [4.78, 5) is 40.0. The van der Waals surface area contributed by atoms with Crippen molar-refractivity contribution >= 4 is 35.2 Å². The molecule has 0 spiro atoms. The van der Waals surface area contributed by atoms with Gasteiger partial charge in [0.05, 0.1) is 12.0 Å². The SMILES string of the molecule is CCCCCCC1(C)NC(=O)N(CC(=O)N2N=C(c3ccc(Cl)cc3)CC2c2ccco2)C1=O. The highest BCUT2D eigenvalue weighted by molar-refractivity contribution is 6.30. The fourth-order valence-corrected chi connectivity index (χ4v) is 4.56. The van der Waals surface area contributed by atoms with Crippen molar-refractivity contribution in [3.8, 4) is 0 Å². The molecule has 8 nitrogen and oxygen atoms in total. The van der Waals surface area contributed by atoms with Gasteiger partial charge in [0.2, 0.25) is 0 Å². The van der Waals surface area contributed by atoms with E-state index in [0.29, 0.717) is 29.3 Å². The number of urea groups is 1. The van der Waals surface area contributed by atoms with Crippen molar-refractivity contribution in [3.63, 3.8) is 0 Å². The summed E-state index contributed by atoms with van der Waals surface area (Å²) < 4.78 is 5.56. The number of unbranched alkanes of at least 4 members (excludes halogenated alkanes) is 3. The average molecular weight is 485 g/mol. The van der Waals surface area contributed by atoms with E-state index in [0.717, 1.165) is 36.1 Å². The number of nitrogens with one attached hydrogen (secondary N) is 1. The zero-order chi connectivity index (χ0) is 24.3. The minimum Gasteiger partial charge on any atom is -0.467 e. The van der Waals surface area contributed by atoms with Crippen LogP contribution in [0.25, 0.3) is 0 Å². The Labute approximate surface area is 203 Å². The number of carbonyl (C=O) groups excluding carboxylic acids is 3. The summed E-state index contributed by atoms with van der Waals surface area (Å²) in [5.74, 6) is -0.249. The van der Waals surface area contributed by atoms with E-state index in [1.165, 1.54) is 5.01 Å². The summed E-state index contributed by atoms with van der Waals surface area (Å²) in [5, 5.41) is 9.26. The van der Waals surface area contributed by atoms with Crippen LogP contribution in [0.1, 0.15) is 69.7 Å². The second kappa shape index (κ2) is 10.0. The van der Waals surface area contributed by atoms with Crippen molar-refractivity contribution < 1.29 is 18.8 Å². The van der Waals surface area contributed by atoms with Gasteiger partial charge in [-0.25, -0.2) is 9.80 Å². The van der Waals surface area contributed by atoms with Crippen LogP contribution in [0.5, 0.6) is 0 Å². The van der Waals surface area contributed by atoms with Gasteiger partial charge in [-0.05, 0) is 43.2 Å². The Balaban J connectivity index is 1.51. The van der Waals surface area contributed by atoms with Gasteiger partial charge in [-0.2, -0.15) is 5.10 Å². The first kappa shape index (κ1) is 24.0. The molecular weight excluding hydrogens is 456 g/mol. The van der Waals surface area contributed by atoms with Gasteiger partial charge in [-0.3, -0.25) is 14.5 Å². The smallest absolute Gasteiger partial charge is 0.325 e. The number of halogens is 1. The van der Waals surface area contributed by atoms with Crippen LogP contribution < -0.4 is 5.32 Å². The van der Waals surface area contributed by atoms with Gasteiger partial charge in [-0.15, -0.1) is 0 Å². The molecule has 0 radical (unpaired) electrons. The molecule has 1 aromatic heterocycles. The number of hydrazone groups is 1. The lowest BCUT2D eigenvalue weighted by Gasteiger charge is -2.23. The van der Waals surface area contributed by atoms with Crippen LogP contribution in [-0.2, 0) is 9.59 Å². The van der Waals surface area contributed by atoms with Gasteiger partial charge >= 0.3 is 6.03 Å². The quantitative estimate of drug-likeness (QED) is 0.405. The van der Waals surface area contributed by atoms with E-state index in [9.17, 15) is 14.4 Å². The van der Waals surface area contributed by atoms with E-state index >= 15 is 0 Å². The van der Waals surface area contributed by atoms with Crippen LogP contribution in [0.15, 0.2) is 52.2 Å². The van der Waals surface area contributed by atoms with Crippen LogP contribution in [0, 0.1) is 0 Å². The molecule has 2 aliphatic heterocycles. The van der Waals surface area contributed by atoms with Crippen molar-refractivity contribution in [3.05, 3.63) is 59.0 Å². The number of benzene rings is 1. The second-order valence-electron chi connectivity index (χ2n) is 8.99. The molecule has 2 aromatic rings. The Morgan fingerprint density at radius 3 is 2.65 bits per heavy atom. The van der Waals surface area contributed by atoms with Crippen molar-refractivity contribution in [1.82, 2.24) is 15.2 Å². The molecule has 4 amide bonds. The van der Waals surface area contributed by atoms with Crippen LogP contribution in [-0.4, -0.2) is 45.5 Å². The van der Waals surface area contributed by atoms with Gasteiger partial charge < -0.3 is 9.73 Å². The van der Waals surface area contributed by atoms with E-state index in [4.69, 9.17) is 16.0 Å². The number of furan rings is 1. The lowest BCUT2D eigenvalue weighted by molar-refractivity contribution is -0.140. The van der Waals surface area contributed by atoms with Crippen LogP contribution in [0.3, 0.4) is 0 Å². The highest BCUT2D eigenvalue weighted by Gasteiger charge is 2.48. The molecule has 1 fully saturated rings. The number of carbonyl (C=O) groups is 3. The molecule has 180 valence electrons. The number of rotatable bonds is 9. The Kier molecular flexibility index (Phi) is 7.07. The molecule has 1 saturated heterocycles. The zero-order valence-corrected chi connectivity index (χ0v) is 20.2. The summed E-state index contributed by atoms with van der Waals surface area (Å²) in [6.07, 6.45) is 6.52. The zero-order valence-electron chi connectivity index (χ0n) is 19.4. The maximum Gasteiger partial charge on any atom is 0.325 e. The third-order valence-corrected chi connectivity index (χ3v) is 6.64. The van der Waals surface area contributed by atoms with E-state index in [-0.39, 0.29) is 12.5 Å². The Morgan fingerprint density at radius 2 is 1.97 bits per heavy atom. The first-order chi connectivity index (χ1) is 16.3. The standard InChI is InChI=1S/C25H29ClN4O4/c1-3-4-5-6-13-25(2)23(32)29(24(33)27-25)16-22(31)30-20(21-8-7-14-34-21)15-19(28-30)17-9-11-18(26)12-10-17/h7-12,14,20H,3-6,13,15-16H2,1-2H3,(H,27,33). The van der Waals surface area contributed by atoms with E-state index in [1.54, 1.807) is 37.5 Å². The molecule has 0 aliphatic carbocycles. The van der Waals surface area contributed by atoms with Gasteiger partial charge in [0.1, 0.15) is 23.9 Å². The predicted molar refractivity (Wildman–Crippen MR) is 128 cm³/mol. The molecule has 1 aromatic carbocycles. The molecule has 4 rings (SSSR count). The van der Waals surface area contributed by atoms with Crippen LogP contribution >= 0.6 is 11.6 Å². The Morgan fingerprint density at radius 1 is 1.21 bits per heavy atom. The fraction of sp³-hybridized carbons (Fsp3) is 0.440. The third-order valence-electron chi connectivity index (χ3n) is 6.38. The van der Waals surface area contributed by atoms with Gasteiger partial charge in [0.25, 0.3) is 11.8 Å². The topological polar surface area (TPSA) is 95.2 Å². The molecule has 2 aliphatic rings. The largest absolute Gasteiger partial charge is 0.467 e.